The number of nitrogens with one attached hydrogen (secondary N) is 1. The summed E-state index contributed by atoms with van der Waals surface area (Å²) in [7, 11) is 1.85. The molecule has 0 unspecified atom stereocenters. The van der Waals surface area contributed by atoms with E-state index in [1.807, 2.05) is 18.9 Å². The number of hydrogen-bond donors (Lipinski definition) is 1. The van der Waals surface area contributed by atoms with E-state index >= 15 is 0 Å². The normalized spacial score (nSPS) is 10.9. The molecule has 0 atom stereocenters. The van der Waals surface area contributed by atoms with E-state index < -0.39 is 0 Å². The molecule has 5 nitrogen and oxygen atoms in total. The Balaban J connectivity index is 1.75. The molecule has 1 aromatic heterocycles. The number of amides is 1. The van der Waals surface area contributed by atoms with E-state index in [1.165, 1.54) is 23.5 Å². The third-order valence-corrected chi connectivity index (χ3v) is 4.09. The fourth-order valence-corrected chi connectivity index (χ4v) is 2.66. The zero-order chi connectivity index (χ0) is 15.9. The highest BCUT2D eigenvalue weighted by Crippen LogP contribution is 2.09. The van der Waals surface area contributed by atoms with Crippen LogP contribution in [-0.4, -0.2) is 34.6 Å². The minimum atomic E-state index is -0.257. The summed E-state index contributed by atoms with van der Waals surface area (Å²) >= 11 is 1.51. The summed E-state index contributed by atoms with van der Waals surface area (Å²) in [5.74, 6) is -0.328. The van der Waals surface area contributed by atoms with Crippen molar-refractivity contribution in [1.82, 2.24) is 20.4 Å². The van der Waals surface area contributed by atoms with Crippen molar-refractivity contribution >= 4 is 17.2 Å². The first kappa shape index (κ1) is 16.5. The highest BCUT2D eigenvalue weighted by atomic mass is 32.1. The molecule has 0 aliphatic carbocycles. The largest absolute Gasteiger partial charge is 0.348 e. The van der Waals surface area contributed by atoms with Gasteiger partial charge in [-0.2, -0.15) is 0 Å². The van der Waals surface area contributed by atoms with E-state index in [1.54, 1.807) is 12.1 Å². The van der Waals surface area contributed by atoms with Crippen molar-refractivity contribution in [2.75, 3.05) is 13.6 Å². The molecular weight excluding hydrogens is 303 g/mol. The number of rotatable bonds is 7. The van der Waals surface area contributed by atoms with Crippen molar-refractivity contribution in [3.05, 3.63) is 45.7 Å². The number of nitrogens with zero attached hydrogens (tertiary/aromatic N) is 3. The fourth-order valence-electron chi connectivity index (χ4n) is 1.94. The quantitative estimate of drug-likeness (QED) is 0.847. The highest BCUT2D eigenvalue weighted by Gasteiger charge is 2.09. The second kappa shape index (κ2) is 7.95. The average molecular weight is 322 g/mol. The second-order valence-corrected chi connectivity index (χ2v) is 6.17. The predicted octanol–water partition coefficient (Wildman–Crippen LogP) is 1.99. The Kier molecular flexibility index (Phi) is 5.97. The van der Waals surface area contributed by atoms with Crippen LogP contribution in [0.15, 0.2) is 24.3 Å². The first-order valence-electron chi connectivity index (χ1n) is 7.07. The molecule has 2 aromatic rings. The van der Waals surface area contributed by atoms with E-state index in [4.69, 9.17) is 0 Å². The van der Waals surface area contributed by atoms with Crippen molar-refractivity contribution < 1.29 is 9.18 Å². The number of carbonyl (C=O) groups excluding carboxylic acids is 1. The number of halogens is 1. The summed E-state index contributed by atoms with van der Waals surface area (Å²) < 4.78 is 12.8. The molecule has 118 valence electrons. The lowest BCUT2D eigenvalue weighted by Crippen LogP contribution is -2.34. The topological polar surface area (TPSA) is 58.1 Å². The van der Waals surface area contributed by atoms with Crippen LogP contribution in [0.25, 0.3) is 0 Å². The van der Waals surface area contributed by atoms with Gasteiger partial charge in [-0.1, -0.05) is 30.4 Å². The third-order valence-electron chi connectivity index (χ3n) is 3.03. The van der Waals surface area contributed by atoms with Crippen molar-refractivity contribution in [2.24, 2.45) is 0 Å². The predicted molar refractivity (Wildman–Crippen MR) is 83.9 cm³/mol. The first-order chi connectivity index (χ1) is 10.6. The van der Waals surface area contributed by atoms with Crippen LogP contribution in [0.2, 0.25) is 0 Å². The molecule has 0 aliphatic rings. The van der Waals surface area contributed by atoms with Crippen LogP contribution < -0.4 is 5.32 Å². The Morgan fingerprint density at radius 1 is 1.27 bits per heavy atom. The van der Waals surface area contributed by atoms with E-state index in [0.29, 0.717) is 13.1 Å². The number of aromatic nitrogens is 2. The number of benzene rings is 1. The number of hydrogen-bond acceptors (Lipinski definition) is 5. The Hall–Kier alpha value is -1.86. The number of carbonyl (C=O) groups is 1. The van der Waals surface area contributed by atoms with Gasteiger partial charge in [0.1, 0.15) is 15.8 Å². The van der Waals surface area contributed by atoms with Crippen LogP contribution in [0, 0.1) is 5.82 Å². The standard InChI is InChI=1S/C15H19FN4OS/c1-3-14-18-19-15(22-14)8-17-13(21)10-20(2)9-11-4-6-12(16)7-5-11/h4-7H,3,8-10H2,1-2H3,(H,17,21). The van der Waals surface area contributed by atoms with Gasteiger partial charge in [0, 0.05) is 6.54 Å². The van der Waals surface area contributed by atoms with E-state index in [2.05, 4.69) is 15.5 Å². The third kappa shape index (κ3) is 5.16. The van der Waals surface area contributed by atoms with Crippen molar-refractivity contribution in [2.45, 2.75) is 26.4 Å². The molecule has 7 heteroatoms. The Labute approximate surface area is 133 Å². The van der Waals surface area contributed by atoms with Gasteiger partial charge < -0.3 is 5.32 Å². The van der Waals surface area contributed by atoms with Crippen LogP contribution in [0.1, 0.15) is 22.5 Å². The fraction of sp³-hybridized carbons (Fsp3) is 0.400. The van der Waals surface area contributed by atoms with Gasteiger partial charge in [-0.25, -0.2) is 4.39 Å². The molecule has 0 fully saturated rings. The van der Waals surface area contributed by atoms with Gasteiger partial charge in [-0.15, -0.1) is 10.2 Å². The van der Waals surface area contributed by atoms with Crippen LogP contribution >= 0.6 is 11.3 Å². The van der Waals surface area contributed by atoms with Crippen molar-refractivity contribution in [3.63, 3.8) is 0 Å². The maximum absolute atomic E-state index is 12.8. The summed E-state index contributed by atoms with van der Waals surface area (Å²) in [5, 5.41) is 12.6. The second-order valence-electron chi connectivity index (χ2n) is 5.02. The monoisotopic (exact) mass is 322 g/mol. The van der Waals surface area contributed by atoms with Crippen LogP contribution in [-0.2, 0) is 24.3 Å². The summed E-state index contributed by atoms with van der Waals surface area (Å²) in [5.41, 5.74) is 0.966. The van der Waals surface area contributed by atoms with Crippen molar-refractivity contribution in [3.8, 4) is 0 Å². The average Bonchev–Trinajstić information content (AvgIpc) is 2.95. The number of likely N-dealkylation sites (N-methyl/N-ethyl adjacent to an activating group) is 1. The molecule has 0 saturated carbocycles. The van der Waals surface area contributed by atoms with Gasteiger partial charge in [-0.05, 0) is 31.2 Å². The number of aryl methyl sites for hydroxylation is 1. The lowest BCUT2D eigenvalue weighted by atomic mass is 10.2. The zero-order valence-corrected chi connectivity index (χ0v) is 13.5. The summed E-state index contributed by atoms with van der Waals surface area (Å²) in [6.07, 6.45) is 0.853. The first-order valence-corrected chi connectivity index (χ1v) is 7.89. The van der Waals surface area contributed by atoms with Gasteiger partial charge >= 0.3 is 0 Å². The molecule has 1 heterocycles. The van der Waals surface area contributed by atoms with Gasteiger partial charge in [-0.3, -0.25) is 9.69 Å². The Morgan fingerprint density at radius 3 is 2.59 bits per heavy atom. The molecule has 0 radical (unpaired) electrons. The minimum Gasteiger partial charge on any atom is -0.348 e. The molecule has 1 aromatic carbocycles. The summed E-state index contributed by atoms with van der Waals surface area (Å²) in [4.78, 5) is 13.8. The van der Waals surface area contributed by atoms with E-state index in [0.717, 1.165) is 22.0 Å². The molecule has 2 rings (SSSR count). The molecule has 22 heavy (non-hydrogen) atoms. The minimum absolute atomic E-state index is 0.0714. The molecule has 0 bridgehead atoms. The Morgan fingerprint density at radius 2 is 1.95 bits per heavy atom. The van der Waals surface area contributed by atoms with Gasteiger partial charge in [0.2, 0.25) is 5.91 Å². The Bertz CT molecular complexity index is 614. The smallest absolute Gasteiger partial charge is 0.234 e. The van der Waals surface area contributed by atoms with Crippen LogP contribution in [0.5, 0.6) is 0 Å². The van der Waals surface area contributed by atoms with Crippen molar-refractivity contribution in [1.29, 1.82) is 0 Å². The summed E-state index contributed by atoms with van der Waals surface area (Å²) in [6.45, 7) is 3.29. The lowest BCUT2D eigenvalue weighted by Gasteiger charge is -2.16. The molecule has 0 spiro atoms. The molecule has 0 saturated heterocycles. The van der Waals surface area contributed by atoms with Gasteiger partial charge in [0.15, 0.2) is 0 Å². The van der Waals surface area contributed by atoms with E-state index in [-0.39, 0.29) is 18.3 Å². The zero-order valence-electron chi connectivity index (χ0n) is 12.7. The van der Waals surface area contributed by atoms with E-state index in [9.17, 15) is 9.18 Å². The van der Waals surface area contributed by atoms with Crippen LogP contribution in [0.3, 0.4) is 0 Å². The van der Waals surface area contributed by atoms with Crippen LogP contribution in [0.4, 0.5) is 4.39 Å². The highest BCUT2D eigenvalue weighted by molar-refractivity contribution is 7.11. The molecule has 0 aliphatic heterocycles. The summed E-state index contributed by atoms with van der Waals surface area (Å²) in [6, 6.07) is 6.28. The molecule has 1 amide bonds. The molecule has 1 N–H and O–H groups in total. The maximum atomic E-state index is 12.8. The molecular formula is C15H19FN4OS. The van der Waals surface area contributed by atoms with Gasteiger partial charge in [0.05, 0.1) is 13.1 Å². The maximum Gasteiger partial charge on any atom is 0.234 e. The SMILES string of the molecule is CCc1nnc(CNC(=O)CN(C)Cc2ccc(F)cc2)s1. The lowest BCUT2D eigenvalue weighted by molar-refractivity contribution is -0.122. The van der Waals surface area contributed by atoms with Gasteiger partial charge in [0.25, 0.3) is 0 Å².